The van der Waals surface area contributed by atoms with Crippen molar-refractivity contribution in [2.75, 3.05) is 5.73 Å². The van der Waals surface area contributed by atoms with Crippen LogP contribution in [0.25, 0.3) is 11.3 Å². The van der Waals surface area contributed by atoms with Gasteiger partial charge in [-0.2, -0.15) is 23.5 Å². The highest BCUT2D eigenvalue weighted by molar-refractivity contribution is 9.10. The minimum Gasteiger partial charge on any atom is -0.383 e. The Bertz CT molecular complexity index is 777. The SMILES string of the molecule is [B]C([B])([B])C(n1nc(-c2ccc(Br)cc2)c(C#N)c1N)C(F)(F)F. The molecule has 24 heavy (non-hydrogen) atoms. The molecule has 0 saturated carbocycles. The van der Waals surface area contributed by atoms with Gasteiger partial charge in [-0.1, -0.05) is 28.1 Å². The molecule has 0 aliphatic carbocycles. The van der Waals surface area contributed by atoms with Crippen LogP contribution in [0.2, 0.25) is 5.11 Å². The topological polar surface area (TPSA) is 67.6 Å². The summed E-state index contributed by atoms with van der Waals surface area (Å²) < 4.78 is 41.1. The molecule has 0 aliphatic rings. The average molecular weight is 389 g/mol. The third kappa shape index (κ3) is 3.48. The van der Waals surface area contributed by atoms with Crippen LogP contribution in [0, 0.1) is 11.3 Å². The van der Waals surface area contributed by atoms with E-state index in [1.165, 1.54) is 0 Å². The smallest absolute Gasteiger partial charge is 0.383 e. The van der Waals surface area contributed by atoms with E-state index in [1.54, 1.807) is 30.3 Å². The van der Waals surface area contributed by atoms with E-state index in [0.717, 1.165) is 4.47 Å². The van der Waals surface area contributed by atoms with Gasteiger partial charge < -0.3 is 5.73 Å². The predicted molar refractivity (Wildman–Crippen MR) is 89.5 cm³/mol. The molecule has 1 atom stereocenters. The van der Waals surface area contributed by atoms with Crippen molar-refractivity contribution in [1.82, 2.24) is 9.78 Å². The molecular formula is C13H7B3BrF3N4. The molecule has 0 fully saturated rings. The first kappa shape index (κ1) is 18.5. The number of aromatic nitrogens is 2. The lowest BCUT2D eigenvalue weighted by molar-refractivity contribution is -0.169. The molecule has 0 amide bonds. The van der Waals surface area contributed by atoms with Gasteiger partial charge in [0.25, 0.3) is 0 Å². The molecule has 1 heterocycles. The number of nitrogens with two attached hydrogens (primary N) is 1. The number of benzene rings is 1. The first-order chi connectivity index (χ1) is 11.0. The third-order valence-electron chi connectivity index (χ3n) is 3.21. The van der Waals surface area contributed by atoms with E-state index in [2.05, 4.69) is 21.0 Å². The number of nitrogen functional groups attached to an aromatic ring is 1. The molecule has 0 saturated heterocycles. The molecule has 0 bridgehead atoms. The first-order valence-electron chi connectivity index (χ1n) is 6.44. The Kier molecular flexibility index (Phi) is 4.82. The van der Waals surface area contributed by atoms with E-state index in [4.69, 9.17) is 29.3 Å². The molecule has 4 nitrogen and oxygen atoms in total. The quantitative estimate of drug-likeness (QED) is 0.821. The number of rotatable bonds is 3. The molecule has 0 spiro atoms. The van der Waals surface area contributed by atoms with Gasteiger partial charge in [-0.05, 0) is 12.1 Å². The lowest BCUT2D eigenvalue weighted by atomic mass is 9.39. The minimum atomic E-state index is -4.93. The molecule has 1 aromatic carbocycles. The van der Waals surface area contributed by atoms with E-state index in [-0.39, 0.29) is 11.3 Å². The summed E-state index contributed by atoms with van der Waals surface area (Å²) in [6.45, 7) is 0. The van der Waals surface area contributed by atoms with Crippen molar-refractivity contribution in [1.29, 1.82) is 5.26 Å². The monoisotopic (exact) mass is 388 g/mol. The van der Waals surface area contributed by atoms with E-state index in [0.29, 0.717) is 10.2 Å². The molecule has 116 valence electrons. The van der Waals surface area contributed by atoms with Gasteiger partial charge in [-0.3, -0.25) is 0 Å². The fourth-order valence-electron chi connectivity index (χ4n) is 2.20. The van der Waals surface area contributed by atoms with Crippen LogP contribution in [0.4, 0.5) is 19.0 Å². The standard InChI is InChI=1S/C13H7B3BrF3N4/c14-12(15,16)11(13(18,19)20)24-10(22)8(5-21)9(23-24)6-1-3-7(17)4-2-6/h1-4,11H,22H2. The summed E-state index contributed by atoms with van der Waals surface area (Å²) in [7, 11) is 15.8. The van der Waals surface area contributed by atoms with Crippen LogP contribution >= 0.6 is 15.9 Å². The van der Waals surface area contributed by atoms with Gasteiger partial charge in [-0.25, -0.2) is 4.68 Å². The van der Waals surface area contributed by atoms with Crippen molar-refractivity contribution in [3.63, 3.8) is 0 Å². The van der Waals surface area contributed by atoms with Crippen molar-refractivity contribution in [3.8, 4) is 17.3 Å². The predicted octanol–water partition coefficient (Wildman–Crippen LogP) is 2.45. The molecule has 2 aromatic rings. The normalized spacial score (nSPS) is 13.5. The summed E-state index contributed by atoms with van der Waals surface area (Å²) in [6, 6.07) is 5.56. The van der Waals surface area contributed by atoms with E-state index >= 15 is 0 Å². The number of alkyl halides is 3. The molecular weight excluding hydrogens is 382 g/mol. The highest BCUT2D eigenvalue weighted by Gasteiger charge is 2.49. The number of nitrogens with zero attached hydrogens (tertiary/aromatic N) is 3. The summed E-state index contributed by atoms with van der Waals surface area (Å²) in [5.41, 5.74) is 5.83. The molecule has 6 radical (unpaired) electrons. The molecule has 11 heteroatoms. The van der Waals surface area contributed by atoms with Crippen LogP contribution in [0.1, 0.15) is 11.6 Å². The lowest BCUT2D eigenvalue weighted by Crippen LogP contribution is -2.39. The van der Waals surface area contributed by atoms with Gasteiger partial charge in [0, 0.05) is 10.0 Å². The summed E-state index contributed by atoms with van der Waals surface area (Å²) >= 11 is 3.24. The third-order valence-corrected chi connectivity index (χ3v) is 3.73. The Balaban J connectivity index is 2.69. The molecule has 1 unspecified atom stereocenters. The maximum absolute atomic E-state index is 13.3. The zero-order valence-electron chi connectivity index (χ0n) is 12.0. The Morgan fingerprint density at radius 2 is 1.75 bits per heavy atom. The molecule has 2 rings (SSSR count). The van der Waals surface area contributed by atoms with Crippen molar-refractivity contribution < 1.29 is 13.2 Å². The zero-order valence-corrected chi connectivity index (χ0v) is 13.6. The maximum atomic E-state index is 13.3. The molecule has 0 aliphatic heterocycles. The number of hydrogen-bond donors (Lipinski definition) is 1. The number of halogens is 4. The van der Waals surface area contributed by atoms with Crippen LogP contribution in [-0.4, -0.2) is 39.5 Å². The van der Waals surface area contributed by atoms with Gasteiger partial charge in [0.15, 0.2) is 0 Å². The summed E-state index contributed by atoms with van der Waals surface area (Å²) in [5.74, 6) is -0.525. The number of hydrogen-bond acceptors (Lipinski definition) is 3. The second-order valence-electron chi connectivity index (χ2n) is 5.12. The van der Waals surface area contributed by atoms with Gasteiger partial charge in [0.2, 0.25) is 0 Å². The van der Waals surface area contributed by atoms with E-state index < -0.39 is 23.1 Å². The van der Waals surface area contributed by atoms with Gasteiger partial charge in [-0.15, -0.1) is 5.11 Å². The largest absolute Gasteiger partial charge is 0.409 e. The summed E-state index contributed by atoms with van der Waals surface area (Å²) in [6.07, 6.45) is -4.93. The van der Waals surface area contributed by atoms with Gasteiger partial charge in [0.05, 0.1) is 23.5 Å². The molecule has 2 N–H and O–H groups in total. The summed E-state index contributed by atoms with van der Waals surface area (Å²) in [5, 5.41) is 10.4. The van der Waals surface area contributed by atoms with Crippen LogP contribution < -0.4 is 5.73 Å². The van der Waals surface area contributed by atoms with Gasteiger partial charge in [0.1, 0.15) is 29.2 Å². The minimum absolute atomic E-state index is 0.0269. The van der Waals surface area contributed by atoms with Crippen molar-refractivity contribution in [2.45, 2.75) is 17.3 Å². The highest BCUT2D eigenvalue weighted by atomic mass is 79.9. The second kappa shape index (κ2) is 6.24. The van der Waals surface area contributed by atoms with Crippen LogP contribution in [0.3, 0.4) is 0 Å². The first-order valence-corrected chi connectivity index (χ1v) is 7.23. The van der Waals surface area contributed by atoms with Crippen molar-refractivity contribution in [2.24, 2.45) is 0 Å². The lowest BCUT2D eigenvalue weighted by Gasteiger charge is -2.34. The van der Waals surface area contributed by atoms with Crippen LogP contribution in [0.5, 0.6) is 0 Å². The van der Waals surface area contributed by atoms with Crippen molar-refractivity contribution in [3.05, 3.63) is 34.3 Å². The Morgan fingerprint density at radius 1 is 1.21 bits per heavy atom. The number of anilines is 1. The second-order valence-corrected chi connectivity index (χ2v) is 6.03. The Morgan fingerprint density at radius 3 is 2.17 bits per heavy atom. The van der Waals surface area contributed by atoms with Crippen LogP contribution in [0.15, 0.2) is 28.7 Å². The van der Waals surface area contributed by atoms with E-state index in [1.807, 2.05) is 0 Å². The zero-order chi connectivity index (χ0) is 18.3. The van der Waals surface area contributed by atoms with Gasteiger partial charge >= 0.3 is 6.18 Å². The van der Waals surface area contributed by atoms with Crippen molar-refractivity contribution >= 4 is 45.3 Å². The van der Waals surface area contributed by atoms with E-state index in [9.17, 15) is 18.4 Å². The van der Waals surface area contributed by atoms with Crippen LogP contribution in [-0.2, 0) is 0 Å². The summed E-state index contributed by atoms with van der Waals surface area (Å²) in [4.78, 5) is 0. The molecule has 1 aromatic heterocycles. The fraction of sp³-hybridized carbons (Fsp3) is 0.231. The average Bonchev–Trinajstić information content (AvgIpc) is 2.73. The highest BCUT2D eigenvalue weighted by Crippen LogP contribution is 2.45. The Hall–Kier alpha value is -1.82. The maximum Gasteiger partial charge on any atom is 0.409 e. The fourth-order valence-corrected chi connectivity index (χ4v) is 2.46. The Labute approximate surface area is 148 Å². The number of nitriles is 1.